The predicted molar refractivity (Wildman–Crippen MR) is 86.2 cm³/mol. The second-order valence-electron chi connectivity index (χ2n) is 5.72. The molecule has 0 bridgehead atoms. The molecule has 112 valence electrons. The third-order valence-electron chi connectivity index (χ3n) is 4.53. The SMILES string of the molecule is CCc1nc2ccc(C(=O)O)cc2n1CC1(SC)CCC1. The fourth-order valence-corrected chi connectivity index (χ4v) is 3.99. The van der Waals surface area contributed by atoms with Crippen LogP contribution < -0.4 is 0 Å². The normalized spacial score (nSPS) is 16.9. The van der Waals surface area contributed by atoms with Crippen molar-refractivity contribution in [3.63, 3.8) is 0 Å². The molecule has 0 saturated heterocycles. The first-order valence-electron chi connectivity index (χ1n) is 7.36. The Kier molecular flexibility index (Phi) is 3.69. The summed E-state index contributed by atoms with van der Waals surface area (Å²) in [6, 6.07) is 5.21. The molecule has 1 heterocycles. The van der Waals surface area contributed by atoms with E-state index in [4.69, 9.17) is 0 Å². The standard InChI is InChI=1S/C16H20N2O2S/c1-3-14-17-12-6-5-11(15(19)20)9-13(12)18(14)10-16(21-2)7-4-8-16/h5-6,9H,3-4,7-8,10H2,1-2H3,(H,19,20). The minimum atomic E-state index is -0.883. The van der Waals surface area contributed by atoms with Gasteiger partial charge in [-0.15, -0.1) is 0 Å². The maximum atomic E-state index is 11.2. The average Bonchev–Trinajstić information content (AvgIpc) is 2.79. The second kappa shape index (κ2) is 5.37. The summed E-state index contributed by atoms with van der Waals surface area (Å²) >= 11 is 1.93. The molecule has 0 unspecified atom stereocenters. The van der Waals surface area contributed by atoms with Crippen molar-refractivity contribution >= 4 is 28.8 Å². The van der Waals surface area contributed by atoms with E-state index in [1.165, 1.54) is 19.3 Å². The second-order valence-corrected chi connectivity index (χ2v) is 6.99. The molecule has 1 N–H and O–H groups in total. The lowest BCUT2D eigenvalue weighted by atomic mass is 9.84. The van der Waals surface area contributed by atoms with Crippen LogP contribution in [-0.2, 0) is 13.0 Å². The van der Waals surface area contributed by atoms with E-state index in [0.717, 1.165) is 29.8 Å². The lowest BCUT2D eigenvalue weighted by Crippen LogP contribution is -2.38. The van der Waals surface area contributed by atoms with Crippen LogP contribution in [-0.4, -0.2) is 31.6 Å². The molecular weight excluding hydrogens is 284 g/mol. The summed E-state index contributed by atoms with van der Waals surface area (Å²) in [5.41, 5.74) is 2.18. The lowest BCUT2D eigenvalue weighted by molar-refractivity contribution is 0.0697. The molecule has 4 nitrogen and oxygen atoms in total. The van der Waals surface area contributed by atoms with E-state index in [1.807, 2.05) is 17.8 Å². The average molecular weight is 304 g/mol. The molecule has 1 aliphatic rings. The number of aryl methyl sites for hydroxylation is 1. The fourth-order valence-electron chi connectivity index (χ4n) is 3.04. The zero-order chi connectivity index (χ0) is 15.0. The summed E-state index contributed by atoms with van der Waals surface area (Å²) in [5.74, 6) is 0.166. The molecule has 0 radical (unpaired) electrons. The van der Waals surface area contributed by atoms with E-state index >= 15 is 0 Å². The Morgan fingerprint density at radius 1 is 1.48 bits per heavy atom. The van der Waals surface area contributed by atoms with Crippen molar-refractivity contribution in [3.8, 4) is 0 Å². The Hall–Kier alpha value is -1.49. The van der Waals surface area contributed by atoms with Crippen LogP contribution in [0.25, 0.3) is 11.0 Å². The quantitative estimate of drug-likeness (QED) is 0.917. The zero-order valence-corrected chi connectivity index (χ0v) is 13.2. The monoisotopic (exact) mass is 304 g/mol. The molecule has 1 fully saturated rings. The zero-order valence-electron chi connectivity index (χ0n) is 12.4. The third kappa shape index (κ3) is 2.44. The van der Waals surface area contributed by atoms with E-state index in [-0.39, 0.29) is 0 Å². The summed E-state index contributed by atoms with van der Waals surface area (Å²) in [6.07, 6.45) is 6.79. The summed E-state index contributed by atoms with van der Waals surface area (Å²) in [6.45, 7) is 3.03. The molecule has 1 aromatic heterocycles. The molecule has 3 rings (SSSR count). The van der Waals surface area contributed by atoms with E-state index < -0.39 is 5.97 Å². The van der Waals surface area contributed by atoms with Crippen LogP contribution in [0.4, 0.5) is 0 Å². The van der Waals surface area contributed by atoms with Crippen molar-refractivity contribution in [1.82, 2.24) is 9.55 Å². The number of carboxylic acid groups (broad SMARTS) is 1. The summed E-state index contributed by atoms with van der Waals surface area (Å²) in [4.78, 5) is 15.9. The molecule has 21 heavy (non-hydrogen) atoms. The number of hydrogen-bond acceptors (Lipinski definition) is 3. The highest BCUT2D eigenvalue weighted by molar-refractivity contribution is 8.00. The number of aromatic nitrogens is 2. The summed E-state index contributed by atoms with van der Waals surface area (Å²) in [7, 11) is 0. The van der Waals surface area contributed by atoms with Crippen molar-refractivity contribution in [3.05, 3.63) is 29.6 Å². The van der Waals surface area contributed by atoms with Crippen molar-refractivity contribution in [2.24, 2.45) is 0 Å². The molecule has 1 aliphatic carbocycles. The Bertz CT molecular complexity index is 683. The van der Waals surface area contributed by atoms with Crippen LogP contribution in [0.3, 0.4) is 0 Å². The first-order chi connectivity index (χ1) is 10.1. The van der Waals surface area contributed by atoms with Gasteiger partial charge in [-0.2, -0.15) is 11.8 Å². The highest BCUT2D eigenvalue weighted by Crippen LogP contribution is 2.44. The van der Waals surface area contributed by atoms with Gasteiger partial charge in [0.15, 0.2) is 0 Å². The van der Waals surface area contributed by atoms with Crippen molar-refractivity contribution in [2.75, 3.05) is 6.26 Å². The number of thioether (sulfide) groups is 1. The molecule has 0 aliphatic heterocycles. The van der Waals surface area contributed by atoms with E-state index in [1.54, 1.807) is 12.1 Å². The van der Waals surface area contributed by atoms with E-state index in [2.05, 4.69) is 22.7 Å². The molecule has 0 amide bonds. The number of hydrogen-bond donors (Lipinski definition) is 1. The number of nitrogens with zero attached hydrogens (tertiary/aromatic N) is 2. The van der Waals surface area contributed by atoms with Crippen LogP contribution in [0.2, 0.25) is 0 Å². The molecular formula is C16H20N2O2S. The molecule has 1 saturated carbocycles. The van der Waals surface area contributed by atoms with Crippen LogP contribution in [0.1, 0.15) is 42.4 Å². The molecule has 1 aromatic carbocycles. The van der Waals surface area contributed by atoms with Crippen LogP contribution in [0.5, 0.6) is 0 Å². The highest BCUT2D eigenvalue weighted by atomic mass is 32.2. The minimum Gasteiger partial charge on any atom is -0.478 e. The first-order valence-corrected chi connectivity index (χ1v) is 8.58. The maximum absolute atomic E-state index is 11.2. The van der Waals surface area contributed by atoms with Gasteiger partial charge in [0.05, 0.1) is 16.6 Å². The van der Waals surface area contributed by atoms with Crippen LogP contribution in [0.15, 0.2) is 18.2 Å². The molecule has 5 heteroatoms. The number of carbonyl (C=O) groups is 1. The van der Waals surface area contributed by atoms with Gasteiger partial charge in [0, 0.05) is 17.7 Å². The minimum absolute atomic E-state index is 0.302. The Morgan fingerprint density at radius 3 is 2.76 bits per heavy atom. The predicted octanol–water partition coefficient (Wildman–Crippen LogP) is 3.58. The van der Waals surface area contributed by atoms with Gasteiger partial charge in [0.1, 0.15) is 5.82 Å². The van der Waals surface area contributed by atoms with Gasteiger partial charge in [-0.1, -0.05) is 13.3 Å². The Balaban J connectivity index is 2.09. The van der Waals surface area contributed by atoms with Gasteiger partial charge in [-0.05, 0) is 37.3 Å². The number of benzene rings is 1. The van der Waals surface area contributed by atoms with Gasteiger partial charge in [0.25, 0.3) is 0 Å². The number of aromatic carboxylic acids is 1. The van der Waals surface area contributed by atoms with Gasteiger partial charge < -0.3 is 9.67 Å². The van der Waals surface area contributed by atoms with Crippen LogP contribution in [0, 0.1) is 0 Å². The molecule has 0 atom stereocenters. The number of fused-ring (bicyclic) bond motifs is 1. The van der Waals surface area contributed by atoms with Gasteiger partial charge in [-0.3, -0.25) is 0 Å². The van der Waals surface area contributed by atoms with Gasteiger partial charge in [0.2, 0.25) is 0 Å². The number of imidazole rings is 1. The van der Waals surface area contributed by atoms with Gasteiger partial charge >= 0.3 is 5.97 Å². The van der Waals surface area contributed by atoms with Crippen molar-refractivity contribution < 1.29 is 9.90 Å². The molecule has 0 spiro atoms. The van der Waals surface area contributed by atoms with E-state index in [0.29, 0.717) is 10.3 Å². The van der Waals surface area contributed by atoms with Crippen molar-refractivity contribution in [1.29, 1.82) is 0 Å². The first kappa shape index (κ1) is 14.4. The highest BCUT2D eigenvalue weighted by Gasteiger charge is 2.37. The largest absolute Gasteiger partial charge is 0.478 e. The fraction of sp³-hybridized carbons (Fsp3) is 0.500. The van der Waals surface area contributed by atoms with Crippen LogP contribution >= 0.6 is 11.8 Å². The Labute approximate surface area is 128 Å². The maximum Gasteiger partial charge on any atom is 0.335 e. The topological polar surface area (TPSA) is 55.1 Å². The van der Waals surface area contributed by atoms with E-state index in [9.17, 15) is 9.90 Å². The molecule has 2 aromatic rings. The van der Waals surface area contributed by atoms with Gasteiger partial charge in [-0.25, -0.2) is 9.78 Å². The summed E-state index contributed by atoms with van der Waals surface area (Å²) < 4.78 is 2.54. The van der Waals surface area contributed by atoms with Crippen molar-refractivity contribution in [2.45, 2.75) is 43.9 Å². The number of rotatable bonds is 5. The number of carboxylic acids is 1. The summed E-state index contributed by atoms with van der Waals surface area (Å²) in [5, 5.41) is 9.20. The third-order valence-corrected chi connectivity index (χ3v) is 5.94. The lowest BCUT2D eigenvalue weighted by Gasteiger charge is -2.41. The Morgan fingerprint density at radius 2 is 2.24 bits per heavy atom. The smallest absolute Gasteiger partial charge is 0.335 e.